The molecule has 0 unspecified atom stereocenters. The lowest BCUT2D eigenvalue weighted by molar-refractivity contribution is 0.128. The van der Waals surface area contributed by atoms with E-state index in [9.17, 15) is 0 Å². The van der Waals surface area contributed by atoms with Gasteiger partial charge in [0.1, 0.15) is 0 Å². The van der Waals surface area contributed by atoms with Crippen molar-refractivity contribution in [1.82, 2.24) is 10.6 Å². The summed E-state index contributed by atoms with van der Waals surface area (Å²) in [4.78, 5) is 0. The Morgan fingerprint density at radius 3 is 2.55 bits per heavy atom. The SMILES string of the molecule is CNCC1(CNCC(C)(C)c2cccc(Br)c2)CCC1. The van der Waals surface area contributed by atoms with Crippen LogP contribution in [-0.4, -0.2) is 26.7 Å². The molecule has 2 rings (SSSR count). The number of hydrogen-bond donors (Lipinski definition) is 2. The van der Waals surface area contributed by atoms with Gasteiger partial charge in [-0.2, -0.15) is 0 Å². The summed E-state index contributed by atoms with van der Waals surface area (Å²) in [5.41, 5.74) is 2.05. The first-order valence-corrected chi connectivity index (χ1v) is 8.38. The van der Waals surface area contributed by atoms with Crippen molar-refractivity contribution in [1.29, 1.82) is 0 Å². The second-order valence-electron chi connectivity index (χ2n) is 6.88. The van der Waals surface area contributed by atoms with Gasteiger partial charge < -0.3 is 10.6 Å². The van der Waals surface area contributed by atoms with Gasteiger partial charge in [0.25, 0.3) is 0 Å². The molecular weight excluding hydrogens is 312 g/mol. The van der Waals surface area contributed by atoms with Crippen LogP contribution in [0.2, 0.25) is 0 Å². The number of hydrogen-bond acceptors (Lipinski definition) is 2. The van der Waals surface area contributed by atoms with Crippen LogP contribution in [0, 0.1) is 5.41 Å². The zero-order chi connectivity index (χ0) is 14.6. The third-order valence-corrected chi connectivity index (χ3v) is 5.13. The van der Waals surface area contributed by atoms with Crippen LogP contribution in [0.4, 0.5) is 0 Å². The molecule has 1 fully saturated rings. The third kappa shape index (κ3) is 3.84. The maximum Gasteiger partial charge on any atom is 0.0178 e. The van der Waals surface area contributed by atoms with E-state index in [1.165, 1.54) is 24.8 Å². The number of rotatable bonds is 7. The third-order valence-electron chi connectivity index (χ3n) is 4.64. The molecule has 1 aliphatic carbocycles. The fourth-order valence-electron chi connectivity index (χ4n) is 3.12. The predicted octanol–water partition coefficient (Wildman–Crippen LogP) is 3.71. The Morgan fingerprint density at radius 1 is 1.25 bits per heavy atom. The van der Waals surface area contributed by atoms with Crippen LogP contribution >= 0.6 is 15.9 Å². The number of halogens is 1. The second-order valence-corrected chi connectivity index (χ2v) is 7.80. The van der Waals surface area contributed by atoms with Crippen molar-refractivity contribution in [2.24, 2.45) is 5.41 Å². The van der Waals surface area contributed by atoms with Crippen molar-refractivity contribution in [2.75, 3.05) is 26.7 Å². The summed E-state index contributed by atoms with van der Waals surface area (Å²) in [5.74, 6) is 0. The molecule has 1 aromatic rings. The summed E-state index contributed by atoms with van der Waals surface area (Å²) in [5, 5.41) is 7.07. The smallest absolute Gasteiger partial charge is 0.0178 e. The van der Waals surface area contributed by atoms with E-state index in [0.29, 0.717) is 5.41 Å². The predicted molar refractivity (Wildman–Crippen MR) is 90.2 cm³/mol. The molecule has 112 valence electrons. The zero-order valence-corrected chi connectivity index (χ0v) is 14.5. The number of nitrogens with one attached hydrogen (secondary N) is 2. The summed E-state index contributed by atoms with van der Waals surface area (Å²) in [6.45, 7) is 7.91. The highest BCUT2D eigenvalue weighted by molar-refractivity contribution is 9.10. The van der Waals surface area contributed by atoms with Gasteiger partial charge in [0.15, 0.2) is 0 Å². The molecule has 0 saturated heterocycles. The minimum Gasteiger partial charge on any atom is -0.319 e. The van der Waals surface area contributed by atoms with Gasteiger partial charge in [0, 0.05) is 29.5 Å². The Balaban J connectivity index is 1.89. The van der Waals surface area contributed by atoms with Crippen LogP contribution in [0.1, 0.15) is 38.7 Å². The average Bonchev–Trinajstić information content (AvgIpc) is 2.35. The first-order chi connectivity index (χ1) is 9.47. The first kappa shape index (κ1) is 16.0. The maximum atomic E-state index is 3.72. The summed E-state index contributed by atoms with van der Waals surface area (Å²) in [7, 11) is 2.06. The molecule has 0 amide bonds. The van der Waals surface area contributed by atoms with E-state index in [4.69, 9.17) is 0 Å². The summed E-state index contributed by atoms with van der Waals surface area (Å²) < 4.78 is 1.16. The van der Waals surface area contributed by atoms with E-state index in [0.717, 1.165) is 24.1 Å². The Bertz CT molecular complexity index is 438. The second kappa shape index (κ2) is 6.59. The Hall–Kier alpha value is -0.380. The molecule has 1 aromatic carbocycles. The molecule has 2 N–H and O–H groups in total. The average molecular weight is 339 g/mol. The summed E-state index contributed by atoms with van der Waals surface area (Å²) in [6.07, 6.45) is 4.11. The normalized spacial score (nSPS) is 17.8. The first-order valence-electron chi connectivity index (χ1n) is 7.59. The van der Waals surface area contributed by atoms with Crippen molar-refractivity contribution in [2.45, 2.75) is 38.5 Å². The summed E-state index contributed by atoms with van der Waals surface area (Å²) >= 11 is 3.57. The van der Waals surface area contributed by atoms with E-state index in [1.807, 2.05) is 0 Å². The van der Waals surface area contributed by atoms with Crippen molar-refractivity contribution in [3.05, 3.63) is 34.3 Å². The number of benzene rings is 1. The van der Waals surface area contributed by atoms with Gasteiger partial charge in [0.2, 0.25) is 0 Å². The zero-order valence-electron chi connectivity index (χ0n) is 12.9. The lowest BCUT2D eigenvalue weighted by Crippen LogP contribution is -2.48. The van der Waals surface area contributed by atoms with E-state index < -0.39 is 0 Å². The van der Waals surface area contributed by atoms with Crippen LogP contribution in [0.25, 0.3) is 0 Å². The van der Waals surface area contributed by atoms with Crippen molar-refractivity contribution < 1.29 is 0 Å². The minimum atomic E-state index is 0.161. The quantitative estimate of drug-likeness (QED) is 0.791. The van der Waals surface area contributed by atoms with Crippen molar-refractivity contribution in [3.8, 4) is 0 Å². The maximum absolute atomic E-state index is 3.72. The van der Waals surface area contributed by atoms with E-state index >= 15 is 0 Å². The van der Waals surface area contributed by atoms with Gasteiger partial charge in [-0.15, -0.1) is 0 Å². The van der Waals surface area contributed by atoms with Gasteiger partial charge >= 0.3 is 0 Å². The standard InChI is InChI=1S/C17H27BrN2/c1-16(2,14-6-4-7-15(18)10-14)11-20-13-17(12-19-3)8-5-9-17/h4,6-7,10,19-20H,5,8-9,11-13H2,1-3H3. The largest absolute Gasteiger partial charge is 0.319 e. The molecule has 1 saturated carbocycles. The molecule has 0 atom stereocenters. The Kier molecular flexibility index (Phi) is 5.27. The molecule has 0 spiro atoms. The molecule has 0 radical (unpaired) electrons. The molecule has 3 heteroatoms. The van der Waals surface area contributed by atoms with Gasteiger partial charge in [-0.3, -0.25) is 0 Å². The van der Waals surface area contributed by atoms with Gasteiger partial charge in [-0.25, -0.2) is 0 Å². The molecule has 20 heavy (non-hydrogen) atoms. The van der Waals surface area contributed by atoms with E-state index in [2.05, 4.69) is 71.7 Å². The highest BCUT2D eigenvalue weighted by atomic mass is 79.9. The Labute approximate surface area is 131 Å². The van der Waals surface area contributed by atoms with Gasteiger partial charge in [-0.05, 0) is 43.0 Å². The monoisotopic (exact) mass is 338 g/mol. The van der Waals surface area contributed by atoms with Crippen LogP contribution < -0.4 is 10.6 Å². The highest BCUT2D eigenvalue weighted by Gasteiger charge is 2.36. The molecular formula is C17H27BrN2. The van der Waals surface area contributed by atoms with Crippen LogP contribution in [-0.2, 0) is 5.41 Å². The molecule has 0 heterocycles. The topological polar surface area (TPSA) is 24.1 Å². The minimum absolute atomic E-state index is 0.161. The highest BCUT2D eigenvalue weighted by Crippen LogP contribution is 2.39. The van der Waals surface area contributed by atoms with Crippen LogP contribution in [0.3, 0.4) is 0 Å². The fraction of sp³-hybridized carbons (Fsp3) is 0.647. The van der Waals surface area contributed by atoms with Crippen LogP contribution in [0.5, 0.6) is 0 Å². The van der Waals surface area contributed by atoms with Crippen LogP contribution in [0.15, 0.2) is 28.7 Å². The van der Waals surface area contributed by atoms with E-state index in [1.54, 1.807) is 0 Å². The van der Waals surface area contributed by atoms with Gasteiger partial charge in [-0.1, -0.05) is 48.3 Å². The lowest BCUT2D eigenvalue weighted by Gasteiger charge is -2.43. The Morgan fingerprint density at radius 2 is 2.00 bits per heavy atom. The molecule has 2 nitrogen and oxygen atoms in total. The molecule has 0 aromatic heterocycles. The lowest BCUT2D eigenvalue weighted by atomic mass is 9.68. The molecule has 1 aliphatic rings. The molecule has 0 bridgehead atoms. The van der Waals surface area contributed by atoms with Gasteiger partial charge in [0.05, 0.1) is 0 Å². The van der Waals surface area contributed by atoms with Crippen molar-refractivity contribution in [3.63, 3.8) is 0 Å². The van der Waals surface area contributed by atoms with E-state index in [-0.39, 0.29) is 5.41 Å². The molecule has 0 aliphatic heterocycles. The summed E-state index contributed by atoms with van der Waals surface area (Å²) in [6, 6.07) is 8.66. The van der Waals surface area contributed by atoms with Crippen molar-refractivity contribution >= 4 is 15.9 Å². The fourth-order valence-corrected chi connectivity index (χ4v) is 3.52.